The van der Waals surface area contributed by atoms with Crippen molar-refractivity contribution in [2.24, 2.45) is 0 Å². The van der Waals surface area contributed by atoms with Crippen molar-refractivity contribution < 1.29 is 0 Å². The number of pyridine rings is 1. The Morgan fingerprint density at radius 1 is 1.20 bits per heavy atom. The molecule has 0 aliphatic carbocycles. The van der Waals surface area contributed by atoms with Crippen LogP contribution in [0.2, 0.25) is 0 Å². The minimum absolute atomic E-state index is 0.856. The quantitative estimate of drug-likeness (QED) is 0.819. The Balaban J connectivity index is 1.75. The standard InChI is InChI=1S/C12H15BrN2/c13-10-5-9(6-14-7-10)8-15-11-1-2-12(15)4-3-11/h5-7,11-12H,1-4,8H2. The van der Waals surface area contributed by atoms with Gasteiger partial charge in [0.25, 0.3) is 0 Å². The van der Waals surface area contributed by atoms with E-state index in [2.05, 4.69) is 31.9 Å². The summed E-state index contributed by atoms with van der Waals surface area (Å²) in [7, 11) is 0. The highest BCUT2D eigenvalue weighted by Crippen LogP contribution is 2.38. The van der Waals surface area contributed by atoms with Crippen LogP contribution in [0.15, 0.2) is 22.9 Å². The van der Waals surface area contributed by atoms with E-state index in [1.165, 1.54) is 31.2 Å². The van der Waals surface area contributed by atoms with Gasteiger partial charge in [0.2, 0.25) is 0 Å². The number of aromatic nitrogens is 1. The molecule has 0 atom stereocenters. The lowest BCUT2D eigenvalue weighted by atomic mass is 10.0. The van der Waals surface area contributed by atoms with E-state index in [-0.39, 0.29) is 0 Å². The molecule has 0 amide bonds. The second kappa shape index (κ2) is 3.87. The van der Waals surface area contributed by atoms with Gasteiger partial charge in [-0.1, -0.05) is 0 Å². The van der Waals surface area contributed by atoms with Crippen molar-refractivity contribution in [2.45, 2.75) is 44.3 Å². The van der Waals surface area contributed by atoms with Crippen LogP contribution in [0.1, 0.15) is 31.2 Å². The van der Waals surface area contributed by atoms with Crippen molar-refractivity contribution in [2.75, 3.05) is 0 Å². The summed E-state index contributed by atoms with van der Waals surface area (Å²) < 4.78 is 1.09. The molecule has 0 aromatic carbocycles. The van der Waals surface area contributed by atoms with Crippen LogP contribution in [0, 0.1) is 0 Å². The first-order valence-corrected chi connectivity index (χ1v) is 6.47. The third kappa shape index (κ3) is 1.83. The van der Waals surface area contributed by atoms with Crippen LogP contribution in [0.3, 0.4) is 0 Å². The van der Waals surface area contributed by atoms with Crippen molar-refractivity contribution in [1.29, 1.82) is 0 Å². The molecule has 2 saturated heterocycles. The van der Waals surface area contributed by atoms with Crippen molar-refractivity contribution in [3.8, 4) is 0 Å². The number of hydrogen-bond acceptors (Lipinski definition) is 2. The van der Waals surface area contributed by atoms with Crippen LogP contribution in [0.5, 0.6) is 0 Å². The topological polar surface area (TPSA) is 16.1 Å². The molecule has 0 spiro atoms. The Bertz CT molecular complexity index is 346. The highest BCUT2D eigenvalue weighted by molar-refractivity contribution is 9.10. The fourth-order valence-electron chi connectivity index (χ4n) is 3.03. The molecular formula is C12H15BrN2. The summed E-state index contributed by atoms with van der Waals surface area (Å²) in [6, 6.07) is 3.90. The summed E-state index contributed by atoms with van der Waals surface area (Å²) in [6.45, 7) is 1.09. The highest BCUT2D eigenvalue weighted by Gasteiger charge is 2.38. The molecule has 3 heteroatoms. The molecule has 0 radical (unpaired) electrons. The first-order chi connectivity index (χ1) is 7.33. The predicted octanol–water partition coefficient (Wildman–Crippen LogP) is 2.97. The lowest BCUT2D eigenvalue weighted by Crippen LogP contribution is -2.27. The molecule has 0 N–H and O–H groups in total. The Morgan fingerprint density at radius 2 is 1.87 bits per heavy atom. The summed E-state index contributed by atoms with van der Waals surface area (Å²) in [6.07, 6.45) is 9.47. The molecule has 3 rings (SSSR count). The second-order valence-electron chi connectivity index (χ2n) is 4.65. The molecule has 2 bridgehead atoms. The Morgan fingerprint density at radius 3 is 2.47 bits per heavy atom. The molecule has 2 fully saturated rings. The van der Waals surface area contributed by atoms with Gasteiger partial charge in [0, 0.05) is 35.5 Å². The lowest BCUT2D eigenvalue weighted by Gasteiger charge is -2.21. The van der Waals surface area contributed by atoms with Gasteiger partial charge >= 0.3 is 0 Å². The second-order valence-corrected chi connectivity index (χ2v) is 5.56. The van der Waals surface area contributed by atoms with Crippen LogP contribution in [0.25, 0.3) is 0 Å². The van der Waals surface area contributed by atoms with Crippen molar-refractivity contribution in [1.82, 2.24) is 9.88 Å². The summed E-state index contributed by atoms with van der Waals surface area (Å²) in [4.78, 5) is 6.89. The smallest absolute Gasteiger partial charge is 0.0410 e. The zero-order valence-electron chi connectivity index (χ0n) is 8.69. The fourth-order valence-corrected chi connectivity index (χ4v) is 3.44. The van der Waals surface area contributed by atoms with E-state index >= 15 is 0 Å². The van der Waals surface area contributed by atoms with E-state index < -0.39 is 0 Å². The average molecular weight is 267 g/mol. The first-order valence-electron chi connectivity index (χ1n) is 5.68. The maximum Gasteiger partial charge on any atom is 0.0410 e. The van der Waals surface area contributed by atoms with Gasteiger partial charge in [0.15, 0.2) is 0 Å². The summed E-state index contributed by atoms with van der Waals surface area (Å²) in [5.74, 6) is 0. The van der Waals surface area contributed by atoms with Gasteiger partial charge in [0.05, 0.1) is 0 Å². The molecule has 2 aliphatic rings. The largest absolute Gasteiger partial charge is 0.293 e. The van der Waals surface area contributed by atoms with Crippen LogP contribution >= 0.6 is 15.9 Å². The zero-order chi connectivity index (χ0) is 10.3. The third-order valence-electron chi connectivity index (χ3n) is 3.73. The lowest BCUT2D eigenvalue weighted by molar-refractivity contribution is 0.243. The van der Waals surface area contributed by atoms with Crippen LogP contribution < -0.4 is 0 Å². The number of fused-ring (bicyclic) bond motifs is 2. The summed E-state index contributed by atoms with van der Waals surface area (Å²) >= 11 is 3.48. The molecule has 15 heavy (non-hydrogen) atoms. The van der Waals surface area contributed by atoms with Gasteiger partial charge in [-0.15, -0.1) is 0 Å². The summed E-state index contributed by atoms with van der Waals surface area (Å²) in [5.41, 5.74) is 1.34. The van der Waals surface area contributed by atoms with Crippen molar-refractivity contribution in [3.63, 3.8) is 0 Å². The molecule has 3 heterocycles. The normalized spacial score (nSPS) is 29.9. The molecule has 2 aliphatic heterocycles. The Labute approximate surface area is 98.8 Å². The van der Waals surface area contributed by atoms with Gasteiger partial charge in [0.1, 0.15) is 0 Å². The van der Waals surface area contributed by atoms with E-state index in [9.17, 15) is 0 Å². The SMILES string of the molecule is Brc1cncc(CN2C3CCC2CC3)c1. The van der Waals surface area contributed by atoms with Crippen molar-refractivity contribution in [3.05, 3.63) is 28.5 Å². The van der Waals surface area contributed by atoms with Crippen LogP contribution in [0.4, 0.5) is 0 Å². The maximum atomic E-state index is 4.22. The molecule has 0 unspecified atom stereocenters. The molecular weight excluding hydrogens is 252 g/mol. The molecule has 1 aromatic heterocycles. The predicted molar refractivity (Wildman–Crippen MR) is 63.5 cm³/mol. The van der Waals surface area contributed by atoms with Gasteiger partial charge in [-0.25, -0.2) is 0 Å². The average Bonchev–Trinajstić information content (AvgIpc) is 2.78. The number of rotatable bonds is 2. The van der Waals surface area contributed by atoms with Gasteiger partial charge in [-0.05, 0) is 53.2 Å². The van der Waals surface area contributed by atoms with Crippen molar-refractivity contribution >= 4 is 15.9 Å². The monoisotopic (exact) mass is 266 g/mol. The third-order valence-corrected chi connectivity index (χ3v) is 4.16. The number of nitrogens with zero attached hydrogens (tertiary/aromatic N) is 2. The Hall–Kier alpha value is -0.410. The minimum atomic E-state index is 0.856. The zero-order valence-corrected chi connectivity index (χ0v) is 10.3. The van der Waals surface area contributed by atoms with E-state index in [0.717, 1.165) is 23.1 Å². The number of hydrogen-bond donors (Lipinski definition) is 0. The fraction of sp³-hybridized carbons (Fsp3) is 0.583. The van der Waals surface area contributed by atoms with Gasteiger partial charge in [-0.3, -0.25) is 9.88 Å². The van der Waals surface area contributed by atoms with E-state index in [4.69, 9.17) is 0 Å². The molecule has 1 aromatic rings. The molecule has 80 valence electrons. The highest BCUT2D eigenvalue weighted by atomic mass is 79.9. The number of halogens is 1. The first kappa shape index (κ1) is 9.79. The van der Waals surface area contributed by atoms with Gasteiger partial charge < -0.3 is 0 Å². The maximum absolute atomic E-state index is 4.22. The van der Waals surface area contributed by atoms with E-state index in [1.807, 2.05) is 12.4 Å². The van der Waals surface area contributed by atoms with E-state index in [1.54, 1.807) is 0 Å². The van der Waals surface area contributed by atoms with Crippen LogP contribution in [-0.2, 0) is 6.54 Å². The molecule has 0 saturated carbocycles. The Kier molecular flexibility index (Phi) is 2.53. The van der Waals surface area contributed by atoms with Crippen LogP contribution in [-0.4, -0.2) is 22.0 Å². The summed E-state index contributed by atoms with van der Waals surface area (Å²) in [5, 5.41) is 0. The van der Waals surface area contributed by atoms with E-state index in [0.29, 0.717) is 0 Å². The minimum Gasteiger partial charge on any atom is -0.293 e. The molecule has 2 nitrogen and oxygen atoms in total. The van der Waals surface area contributed by atoms with Gasteiger partial charge in [-0.2, -0.15) is 0 Å².